The number of methoxy groups -OCH3 is 2. The van der Waals surface area contributed by atoms with Crippen molar-refractivity contribution in [3.05, 3.63) is 0 Å². The Kier molecular flexibility index (Phi) is 13.2. The van der Waals surface area contributed by atoms with Crippen LogP contribution >= 0.6 is 0 Å². The highest BCUT2D eigenvalue weighted by atomic mass is 19.1. The lowest BCUT2D eigenvalue weighted by Crippen LogP contribution is -2.60. The Labute approximate surface area is 263 Å². The Morgan fingerprint density at radius 1 is 1.05 bits per heavy atom. The van der Waals surface area contributed by atoms with Gasteiger partial charge in [-0.3, -0.25) is 4.79 Å². The Morgan fingerprint density at radius 2 is 1.66 bits per heavy atom. The fourth-order valence-electron chi connectivity index (χ4n) is 7.58. The zero-order valence-corrected chi connectivity index (χ0v) is 28.4. The fourth-order valence-corrected chi connectivity index (χ4v) is 7.58. The fraction of sp³-hybridized carbons (Fsp3) is 0.879. The van der Waals surface area contributed by atoms with Crippen molar-refractivity contribution in [2.45, 2.75) is 129 Å². The number of halogens is 1. The highest BCUT2D eigenvalue weighted by molar-refractivity contribution is 5.89. The van der Waals surface area contributed by atoms with Gasteiger partial charge in [0.15, 0.2) is 0 Å². The molecule has 2 heterocycles. The Bertz CT molecular complexity index is 1030. The van der Waals surface area contributed by atoms with Gasteiger partial charge < -0.3 is 39.1 Å². The zero-order chi connectivity index (χ0) is 33.8. The van der Waals surface area contributed by atoms with Crippen molar-refractivity contribution in [3.8, 4) is 12.3 Å². The van der Waals surface area contributed by atoms with E-state index in [2.05, 4.69) is 11.1 Å². The van der Waals surface area contributed by atoms with E-state index < -0.39 is 83.8 Å². The number of aliphatic hydroxyl groups is 3. The van der Waals surface area contributed by atoms with E-state index in [1.165, 1.54) is 21.1 Å². The number of oxime groups is 1. The van der Waals surface area contributed by atoms with Crippen LogP contribution in [-0.4, -0.2) is 95.4 Å². The molecule has 2 aliphatic rings. The SMILES string of the molecule is C#C[C@@]1(OC)C[C@@H](C)/C(=N\OCF)[C@H](C)[C@@H](O)[C@](C)(O)[C@@H](CC)OC(=O)[C@H](C)C([C@H]2C[C@@](C)(OC)[C@@H](O)[C@H](C)O2)[C@H](C)[C@H]1C. The predicted molar refractivity (Wildman–Crippen MR) is 164 cm³/mol. The summed E-state index contributed by atoms with van der Waals surface area (Å²) >= 11 is 0. The van der Waals surface area contributed by atoms with Crippen LogP contribution in [-0.2, 0) is 28.6 Å². The van der Waals surface area contributed by atoms with Crippen molar-refractivity contribution >= 4 is 11.7 Å². The van der Waals surface area contributed by atoms with Crippen LogP contribution in [0.25, 0.3) is 0 Å². The molecular weight excluding hydrogens is 573 g/mol. The summed E-state index contributed by atoms with van der Waals surface area (Å²) in [7, 11) is 3.06. The summed E-state index contributed by atoms with van der Waals surface area (Å²) in [5.74, 6) is -0.931. The van der Waals surface area contributed by atoms with Gasteiger partial charge in [0.2, 0.25) is 0 Å². The number of hydrogen-bond acceptors (Lipinski definition) is 10. The van der Waals surface area contributed by atoms with Gasteiger partial charge in [-0.25, -0.2) is 4.39 Å². The minimum absolute atomic E-state index is 0.212. The van der Waals surface area contributed by atoms with Crippen LogP contribution in [0.4, 0.5) is 4.39 Å². The number of carbonyl (C=O) groups excluding carboxylic acids is 1. The first-order valence-corrected chi connectivity index (χ1v) is 15.7. The van der Waals surface area contributed by atoms with Crippen LogP contribution in [0.5, 0.6) is 0 Å². The molecule has 0 bridgehead atoms. The van der Waals surface area contributed by atoms with E-state index in [1.54, 1.807) is 27.7 Å². The minimum Gasteiger partial charge on any atom is -0.459 e. The summed E-state index contributed by atoms with van der Waals surface area (Å²) < 4.78 is 37.4. The monoisotopic (exact) mass is 629 g/mol. The summed E-state index contributed by atoms with van der Waals surface area (Å²) in [5, 5.41) is 38.1. The predicted octanol–water partition coefficient (Wildman–Crippen LogP) is 3.88. The standard InChI is InChI=1S/C33H56FNO9/c1-13-25-32(10,39)28(36)21(6)27(35-42-17-34)18(3)15-33(14-2,41-12)22(7)19(4)26(20(5)30(38)44-25)24-16-31(9,40-11)29(37)23(8)43-24/h2,18-26,28-29,36-37,39H,13,15-17H2,1,3-12H3/b35-27+/t18-,19-,20-,21+,22-,23+,24-,25-,26?,28-,29+,31-,32-,33-/m1/s1. The smallest absolute Gasteiger partial charge is 0.309 e. The summed E-state index contributed by atoms with van der Waals surface area (Å²) in [5.41, 5.74) is -3.75. The number of ether oxygens (including phenoxy) is 4. The third-order valence-electron chi connectivity index (χ3n) is 10.8. The van der Waals surface area contributed by atoms with Gasteiger partial charge in [0.1, 0.15) is 23.4 Å². The maximum atomic E-state index is 14.0. The topological polar surface area (TPSA) is 136 Å². The molecule has 0 spiro atoms. The lowest BCUT2D eigenvalue weighted by Gasteiger charge is -2.50. The number of nitrogens with zero attached hydrogens (tertiary/aromatic N) is 1. The maximum absolute atomic E-state index is 14.0. The average Bonchev–Trinajstić information content (AvgIpc) is 2.99. The molecular formula is C33H56FNO9. The summed E-state index contributed by atoms with van der Waals surface area (Å²) in [6.07, 6.45) is 2.36. The molecule has 2 saturated heterocycles. The van der Waals surface area contributed by atoms with Crippen LogP contribution in [0.2, 0.25) is 0 Å². The average molecular weight is 630 g/mol. The number of carbonyl (C=O) groups is 1. The number of rotatable bonds is 6. The molecule has 11 heteroatoms. The van der Waals surface area contributed by atoms with Gasteiger partial charge in [0.25, 0.3) is 6.86 Å². The summed E-state index contributed by atoms with van der Waals surface area (Å²) in [4.78, 5) is 18.8. The van der Waals surface area contributed by atoms with Crippen LogP contribution in [0, 0.1) is 47.9 Å². The molecule has 1 unspecified atom stereocenters. The minimum atomic E-state index is -1.91. The van der Waals surface area contributed by atoms with Gasteiger partial charge in [-0.15, -0.1) is 6.42 Å². The first-order valence-electron chi connectivity index (χ1n) is 15.7. The second-order valence-corrected chi connectivity index (χ2v) is 13.4. The number of cyclic esters (lactones) is 1. The second kappa shape index (κ2) is 15.2. The molecule has 0 aromatic rings. The first kappa shape index (κ1) is 38.4. The van der Waals surface area contributed by atoms with Crippen molar-refractivity contribution in [1.29, 1.82) is 0 Å². The molecule has 14 atom stereocenters. The van der Waals surface area contributed by atoms with E-state index in [9.17, 15) is 24.5 Å². The first-order chi connectivity index (χ1) is 20.4. The van der Waals surface area contributed by atoms with Crippen molar-refractivity contribution in [2.75, 3.05) is 21.1 Å². The van der Waals surface area contributed by atoms with Gasteiger partial charge >= 0.3 is 5.97 Å². The molecule has 0 radical (unpaired) electrons. The molecule has 0 saturated carbocycles. The highest BCUT2D eigenvalue weighted by Crippen LogP contribution is 2.46. The normalized spacial score (nSPS) is 47.4. The molecule has 2 fully saturated rings. The molecule has 44 heavy (non-hydrogen) atoms. The summed E-state index contributed by atoms with van der Waals surface area (Å²) in [6.45, 7) is 14.8. The van der Waals surface area contributed by atoms with E-state index in [1.807, 2.05) is 27.7 Å². The number of hydrogen-bond donors (Lipinski definition) is 3. The Morgan fingerprint density at radius 3 is 2.16 bits per heavy atom. The molecule has 0 aromatic heterocycles. The van der Waals surface area contributed by atoms with Gasteiger partial charge in [-0.1, -0.05) is 52.6 Å². The second-order valence-electron chi connectivity index (χ2n) is 13.4. The van der Waals surface area contributed by atoms with E-state index in [-0.39, 0.29) is 30.4 Å². The number of aliphatic hydroxyl groups excluding tert-OH is 2. The number of alkyl halides is 1. The van der Waals surface area contributed by atoms with E-state index in [0.717, 1.165) is 0 Å². The zero-order valence-electron chi connectivity index (χ0n) is 28.4. The molecule has 2 rings (SSSR count). The summed E-state index contributed by atoms with van der Waals surface area (Å²) in [6, 6.07) is 0. The molecule has 254 valence electrons. The molecule has 10 nitrogen and oxygen atoms in total. The van der Waals surface area contributed by atoms with Crippen molar-refractivity contribution < 1.29 is 48.3 Å². The largest absolute Gasteiger partial charge is 0.459 e. The number of terminal acetylenes is 1. The lowest BCUT2D eigenvalue weighted by atomic mass is 9.64. The third-order valence-corrected chi connectivity index (χ3v) is 10.8. The van der Waals surface area contributed by atoms with E-state index in [0.29, 0.717) is 6.42 Å². The van der Waals surface area contributed by atoms with Crippen molar-refractivity contribution in [3.63, 3.8) is 0 Å². The third kappa shape index (κ3) is 7.42. The van der Waals surface area contributed by atoms with Gasteiger partial charge in [-0.05, 0) is 45.4 Å². The van der Waals surface area contributed by atoms with Crippen LogP contribution in [0.1, 0.15) is 81.6 Å². The molecule has 0 aliphatic carbocycles. The van der Waals surface area contributed by atoms with Crippen molar-refractivity contribution in [2.24, 2.45) is 40.7 Å². The van der Waals surface area contributed by atoms with Gasteiger partial charge in [0.05, 0.1) is 35.5 Å². The Hall–Kier alpha value is -1.81. The quantitative estimate of drug-likeness (QED) is 0.227. The van der Waals surface area contributed by atoms with Crippen LogP contribution in [0.3, 0.4) is 0 Å². The lowest BCUT2D eigenvalue weighted by molar-refractivity contribution is -0.236. The number of esters is 1. The maximum Gasteiger partial charge on any atom is 0.309 e. The van der Waals surface area contributed by atoms with Gasteiger partial charge in [0, 0.05) is 38.4 Å². The molecule has 0 amide bonds. The van der Waals surface area contributed by atoms with E-state index >= 15 is 0 Å². The van der Waals surface area contributed by atoms with Crippen LogP contribution in [0.15, 0.2) is 5.16 Å². The molecule has 3 N–H and O–H groups in total. The Balaban J connectivity index is 2.80. The highest BCUT2D eigenvalue weighted by Gasteiger charge is 2.54. The van der Waals surface area contributed by atoms with Gasteiger partial charge in [-0.2, -0.15) is 0 Å². The van der Waals surface area contributed by atoms with E-state index in [4.69, 9.17) is 30.2 Å². The molecule has 0 aromatic carbocycles. The molecule has 2 aliphatic heterocycles. The van der Waals surface area contributed by atoms with Crippen molar-refractivity contribution in [1.82, 2.24) is 0 Å². The van der Waals surface area contributed by atoms with Crippen LogP contribution < -0.4 is 0 Å².